The lowest BCUT2D eigenvalue weighted by atomic mass is 10.0. The van der Waals surface area contributed by atoms with E-state index < -0.39 is 0 Å². The first kappa shape index (κ1) is 17.9. The summed E-state index contributed by atoms with van der Waals surface area (Å²) in [5, 5.41) is 2.83. The molecule has 4 heteroatoms. The van der Waals surface area contributed by atoms with Gasteiger partial charge in [0.05, 0.1) is 11.8 Å². The van der Waals surface area contributed by atoms with Crippen molar-refractivity contribution in [3.8, 4) is 11.5 Å². The Balaban J connectivity index is 1.96. The summed E-state index contributed by atoms with van der Waals surface area (Å²) in [6.07, 6.45) is 0.0399. The summed E-state index contributed by atoms with van der Waals surface area (Å²) in [4.78, 5) is 12.2. The van der Waals surface area contributed by atoms with Crippen molar-refractivity contribution < 1.29 is 14.3 Å². The average molecular weight is 327 g/mol. The Kier molecular flexibility index (Phi) is 6.24. The fourth-order valence-corrected chi connectivity index (χ4v) is 2.23. The quantitative estimate of drug-likeness (QED) is 0.807. The van der Waals surface area contributed by atoms with Crippen molar-refractivity contribution in [3.63, 3.8) is 0 Å². The molecule has 2 aromatic carbocycles. The summed E-state index contributed by atoms with van der Waals surface area (Å²) in [6.45, 7) is 8.10. The van der Waals surface area contributed by atoms with Gasteiger partial charge in [0.25, 0.3) is 5.91 Å². The Morgan fingerprint density at radius 3 is 2.50 bits per heavy atom. The van der Waals surface area contributed by atoms with E-state index in [2.05, 4.69) is 25.2 Å². The highest BCUT2D eigenvalue weighted by atomic mass is 16.5. The first-order chi connectivity index (χ1) is 11.5. The van der Waals surface area contributed by atoms with E-state index in [1.807, 2.05) is 56.3 Å². The van der Waals surface area contributed by atoms with Gasteiger partial charge in [-0.2, -0.15) is 0 Å². The Labute approximate surface area is 143 Å². The second-order valence-corrected chi connectivity index (χ2v) is 6.23. The van der Waals surface area contributed by atoms with Gasteiger partial charge >= 0.3 is 0 Å². The number of rotatable bonds is 7. The molecule has 0 fully saturated rings. The van der Waals surface area contributed by atoms with Gasteiger partial charge in [-0.3, -0.25) is 4.79 Å². The van der Waals surface area contributed by atoms with Crippen molar-refractivity contribution in [2.45, 2.75) is 39.7 Å². The van der Waals surface area contributed by atoms with Gasteiger partial charge in [0, 0.05) is 0 Å². The molecular weight excluding hydrogens is 302 g/mol. The largest absolute Gasteiger partial charge is 0.489 e. The van der Waals surface area contributed by atoms with Crippen molar-refractivity contribution in [2.24, 2.45) is 0 Å². The van der Waals surface area contributed by atoms with Crippen LogP contribution in [0.25, 0.3) is 0 Å². The smallest absolute Gasteiger partial charge is 0.262 e. The molecule has 0 unspecified atom stereocenters. The summed E-state index contributed by atoms with van der Waals surface area (Å²) >= 11 is 0. The zero-order valence-corrected chi connectivity index (χ0v) is 14.7. The highest BCUT2D eigenvalue weighted by Gasteiger charge is 2.10. The molecule has 0 radical (unpaired) electrons. The molecule has 0 aliphatic rings. The standard InChI is InChI=1S/C20H25NO3/c1-14(2)16-8-7-9-17(12-16)23-13-20(22)21-18-10-5-6-11-19(18)24-15(3)4/h5-12,14-15H,13H2,1-4H3,(H,21,22). The number of anilines is 1. The Morgan fingerprint density at radius 2 is 1.79 bits per heavy atom. The van der Waals surface area contributed by atoms with Gasteiger partial charge < -0.3 is 14.8 Å². The second kappa shape index (κ2) is 8.39. The summed E-state index contributed by atoms with van der Waals surface area (Å²) in [7, 11) is 0. The van der Waals surface area contributed by atoms with Gasteiger partial charge in [-0.15, -0.1) is 0 Å². The van der Waals surface area contributed by atoms with Gasteiger partial charge in [0.1, 0.15) is 11.5 Å². The van der Waals surface area contributed by atoms with Crippen LogP contribution in [0.1, 0.15) is 39.2 Å². The van der Waals surface area contributed by atoms with Crippen molar-refractivity contribution >= 4 is 11.6 Å². The molecule has 0 saturated carbocycles. The van der Waals surface area contributed by atoms with Crippen LogP contribution in [-0.2, 0) is 4.79 Å². The third-order valence-electron chi connectivity index (χ3n) is 3.42. The third-order valence-corrected chi connectivity index (χ3v) is 3.42. The molecule has 1 amide bonds. The van der Waals surface area contributed by atoms with Crippen molar-refractivity contribution in [1.29, 1.82) is 0 Å². The molecule has 128 valence electrons. The van der Waals surface area contributed by atoms with Crippen LogP contribution in [-0.4, -0.2) is 18.6 Å². The number of amides is 1. The molecule has 2 rings (SSSR count). The van der Waals surface area contributed by atoms with E-state index in [9.17, 15) is 4.79 Å². The number of para-hydroxylation sites is 2. The molecule has 0 heterocycles. The summed E-state index contributed by atoms with van der Waals surface area (Å²) in [6, 6.07) is 15.2. The molecule has 2 aromatic rings. The van der Waals surface area contributed by atoms with Crippen LogP contribution >= 0.6 is 0 Å². The fourth-order valence-electron chi connectivity index (χ4n) is 2.23. The van der Waals surface area contributed by atoms with Crippen LogP contribution < -0.4 is 14.8 Å². The van der Waals surface area contributed by atoms with Crippen LogP contribution in [0, 0.1) is 0 Å². The highest BCUT2D eigenvalue weighted by molar-refractivity contribution is 5.93. The third kappa shape index (κ3) is 5.30. The molecule has 0 bridgehead atoms. The number of carbonyl (C=O) groups excluding carboxylic acids is 1. The van der Waals surface area contributed by atoms with Crippen LogP contribution in [0.15, 0.2) is 48.5 Å². The number of benzene rings is 2. The predicted octanol–water partition coefficient (Wildman–Crippen LogP) is 4.61. The summed E-state index contributed by atoms with van der Waals surface area (Å²) < 4.78 is 11.3. The van der Waals surface area contributed by atoms with Gasteiger partial charge in [-0.25, -0.2) is 0 Å². The second-order valence-electron chi connectivity index (χ2n) is 6.23. The molecule has 4 nitrogen and oxygen atoms in total. The minimum Gasteiger partial charge on any atom is -0.489 e. The first-order valence-corrected chi connectivity index (χ1v) is 8.24. The highest BCUT2D eigenvalue weighted by Crippen LogP contribution is 2.25. The minimum absolute atomic E-state index is 0.0399. The van der Waals surface area contributed by atoms with Gasteiger partial charge in [0.15, 0.2) is 6.61 Å². The lowest BCUT2D eigenvalue weighted by molar-refractivity contribution is -0.118. The van der Waals surface area contributed by atoms with Crippen molar-refractivity contribution in [3.05, 3.63) is 54.1 Å². The topological polar surface area (TPSA) is 47.6 Å². The Morgan fingerprint density at radius 1 is 1.04 bits per heavy atom. The van der Waals surface area contributed by atoms with Gasteiger partial charge in [0.2, 0.25) is 0 Å². The fraction of sp³-hybridized carbons (Fsp3) is 0.350. The molecule has 1 N–H and O–H groups in total. The minimum atomic E-state index is -0.218. The number of carbonyl (C=O) groups is 1. The molecule has 0 spiro atoms. The average Bonchev–Trinajstić information content (AvgIpc) is 2.54. The van der Waals surface area contributed by atoms with E-state index in [1.165, 1.54) is 5.56 Å². The van der Waals surface area contributed by atoms with Crippen molar-refractivity contribution in [2.75, 3.05) is 11.9 Å². The van der Waals surface area contributed by atoms with Gasteiger partial charge in [-0.05, 0) is 49.6 Å². The number of hydrogen-bond acceptors (Lipinski definition) is 3. The molecule has 24 heavy (non-hydrogen) atoms. The van der Waals surface area contributed by atoms with E-state index in [-0.39, 0.29) is 18.6 Å². The van der Waals surface area contributed by atoms with E-state index in [0.717, 1.165) is 0 Å². The predicted molar refractivity (Wildman–Crippen MR) is 96.9 cm³/mol. The normalized spacial score (nSPS) is 10.8. The van der Waals surface area contributed by atoms with Crippen LogP contribution in [0.4, 0.5) is 5.69 Å². The Bertz CT molecular complexity index is 680. The zero-order chi connectivity index (χ0) is 17.5. The lowest BCUT2D eigenvalue weighted by Crippen LogP contribution is -2.21. The summed E-state index contributed by atoms with van der Waals surface area (Å²) in [5.74, 6) is 1.55. The van der Waals surface area contributed by atoms with Crippen molar-refractivity contribution in [1.82, 2.24) is 0 Å². The number of nitrogens with one attached hydrogen (secondary N) is 1. The SMILES string of the molecule is CC(C)Oc1ccccc1NC(=O)COc1cccc(C(C)C)c1. The van der Waals surface area contributed by atoms with E-state index >= 15 is 0 Å². The molecule has 0 aliphatic heterocycles. The maximum atomic E-state index is 12.2. The van der Waals surface area contributed by atoms with E-state index in [4.69, 9.17) is 9.47 Å². The zero-order valence-electron chi connectivity index (χ0n) is 14.7. The summed E-state index contributed by atoms with van der Waals surface area (Å²) in [5.41, 5.74) is 1.83. The molecule has 0 saturated heterocycles. The van der Waals surface area contributed by atoms with Crippen LogP contribution in [0.5, 0.6) is 11.5 Å². The molecule has 0 aliphatic carbocycles. The maximum absolute atomic E-state index is 12.2. The number of hydrogen-bond donors (Lipinski definition) is 1. The first-order valence-electron chi connectivity index (χ1n) is 8.24. The number of ether oxygens (including phenoxy) is 2. The molecule has 0 atom stereocenters. The lowest BCUT2D eigenvalue weighted by Gasteiger charge is -2.15. The maximum Gasteiger partial charge on any atom is 0.262 e. The van der Waals surface area contributed by atoms with E-state index in [1.54, 1.807) is 0 Å². The Hall–Kier alpha value is -2.49. The van der Waals surface area contributed by atoms with Gasteiger partial charge in [-0.1, -0.05) is 38.1 Å². The molecule has 0 aromatic heterocycles. The van der Waals surface area contributed by atoms with Crippen LogP contribution in [0.2, 0.25) is 0 Å². The molecular formula is C20H25NO3. The van der Waals surface area contributed by atoms with Crippen LogP contribution in [0.3, 0.4) is 0 Å². The van der Waals surface area contributed by atoms with E-state index in [0.29, 0.717) is 23.1 Å². The monoisotopic (exact) mass is 327 g/mol.